The summed E-state index contributed by atoms with van der Waals surface area (Å²) in [5.74, 6) is -1.10. The minimum Gasteiger partial charge on any atom is -0.464 e. The lowest BCUT2D eigenvalue weighted by Crippen LogP contribution is -2.44. The topological polar surface area (TPSA) is 168 Å². The summed E-state index contributed by atoms with van der Waals surface area (Å²) in [4.78, 5) is 66.5. The van der Waals surface area contributed by atoms with Gasteiger partial charge in [-0.25, -0.2) is 4.79 Å². The number of rotatable bonds is 14. The van der Waals surface area contributed by atoms with Gasteiger partial charge in [-0.05, 0) is 19.3 Å². The van der Waals surface area contributed by atoms with Gasteiger partial charge < -0.3 is 19.3 Å². The molecule has 0 aromatic rings. The van der Waals surface area contributed by atoms with E-state index in [9.17, 15) is 34.6 Å². The molecular weight excluding hydrogens is 426 g/mol. The van der Waals surface area contributed by atoms with Crippen molar-refractivity contribution in [2.75, 3.05) is 32.1 Å². The SMILES string of the molecule is C[C@H](CSC(=O)CCCO[N+](=O)[O-])C(=O)N1CCC[C@H]1C(=O)OCCCO[N+](=O)[O-]. The Morgan fingerprint density at radius 2 is 1.73 bits per heavy atom. The lowest BCUT2D eigenvalue weighted by Gasteiger charge is -2.26. The number of carbonyl (C=O) groups excluding carboxylic acids is 3. The van der Waals surface area contributed by atoms with Gasteiger partial charge >= 0.3 is 5.97 Å². The van der Waals surface area contributed by atoms with Crippen LogP contribution in [0.2, 0.25) is 0 Å². The van der Waals surface area contributed by atoms with Crippen molar-refractivity contribution in [3.8, 4) is 0 Å². The molecule has 0 aromatic heterocycles. The molecule has 0 saturated carbocycles. The highest BCUT2D eigenvalue weighted by Crippen LogP contribution is 2.23. The summed E-state index contributed by atoms with van der Waals surface area (Å²) < 4.78 is 5.08. The Balaban J connectivity index is 2.35. The standard InChI is InChI=1S/C16H25N3O10S/c1-12(11-30-14(20)6-3-9-28-18(23)24)15(21)17-7-2-5-13(17)16(22)27-8-4-10-29-19(25)26/h12-13H,2-11H2,1H3/t12-,13+/m1/s1. The van der Waals surface area contributed by atoms with Crippen molar-refractivity contribution in [2.24, 2.45) is 5.92 Å². The quantitative estimate of drug-likeness (QED) is 0.160. The van der Waals surface area contributed by atoms with Gasteiger partial charge in [0.1, 0.15) is 6.04 Å². The van der Waals surface area contributed by atoms with Gasteiger partial charge in [0.2, 0.25) is 5.91 Å². The largest absolute Gasteiger partial charge is 0.464 e. The molecule has 1 saturated heterocycles. The highest BCUT2D eigenvalue weighted by Gasteiger charge is 2.36. The van der Waals surface area contributed by atoms with Gasteiger partial charge in [0.25, 0.3) is 10.2 Å². The summed E-state index contributed by atoms with van der Waals surface area (Å²) in [5.41, 5.74) is 0. The van der Waals surface area contributed by atoms with Crippen molar-refractivity contribution < 1.29 is 39.0 Å². The Hall–Kier alpha value is -2.64. The predicted molar refractivity (Wildman–Crippen MR) is 102 cm³/mol. The van der Waals surface area contributed by atoms with E-state index in [4.69, 9.17) is 4.74 Å². The number of ether oxygens (including phenoxy) is 1. The molecule has 0 aromatic carbocycles. The molecule has 13 nitrogen and oxygen atoms in total. The van der Waals surface area contributed by atoms with Crippen LogP contribution < -0.4 is 0 Å². The van der Waals surface area contributed by atoms with Gasteiger partial charge in [-0.3, -0.25) is 9.59 Å². The zero-order valence-electron chi connectivity index (χ0n) is 16.6. The Morgan fingerprint density at radius 1 is 1.10 bits per heavy atom. The molecule has 30 heavy (non-hydrogen) atoms. The first-order valence-corrected chi connectivity index (χ1v) is 10.4. The van der Waals surface area contributed by atoms with E-state index in [1.54, 1.807) is 6.92 Å². The van der Waals surface area contributed by atoms with Gasteiger partial charge in [0.15, 0.2) is 5.12 Å². The number of hydrogen-bond donors (Lipinski definition) is 0. The molecule has 0 unspecified atom stereocenters. The van der Waals surface area contributed by atoms with Gasteiger partial charge in [-0.15, -0.1) is 20.2 Å². The summed E-state index contributed by atoms with van der Waals surface area (Å²) in [7, 11) is 0. The zero-order chi connectivity index (χ0) is 22.5. The first-order valence-electron chi connectivity index (χ1n) is 9.39. The molecule has 1 aliphatic heterocycles. The van der Waals surface area contributed by atoms with Crippen LogP contribution in [-0.2, 0) is 28.8 Å². The van der Waals surface area contributed by atoms with Crippen molar-refractivity contribution in [1.29, 1.82) is 0 Å². The first kappa shape index (κ1) is 25.4. The lowest BCUT2D eigenvalue weighted by molar-refractivity contribution is -0.757. The van der Waals surface area contributed by atoms with Crippen LogP contribution in [0.5, 0.6) is 0 Å². The molecule has 0 bridgehead atoms. The molecule has 1 rings (SSSR count). The second-order valence-electron chi connectivity index (χ2n) is 6.51. The highest BCUT2D eigenvalue weighted by atomic mass is 32.2. The smallest absolute Gasteiger partial charge is 0.328 e. The average molecular weight is 451 g/mol. The van der Waals surface area contributed by atoms with Gasteiger partial charge in [-0.1, -0.05) is 18.7 Å². The third kappa shape index (κ3) is 9.71. The molecule has 0 spiro atoms. The number of thioether (sulfide) groups is 1. The molecule has 1 heterocycles. The van der Waals surface area contributed by atoms with Crippen LogP contribution in [-0.4, -0.2) is 70.2 Å². The summed E-state index contributed by atoms with van der Waals surface area (Å²) in [6.07, 6.45) is 1.58. The summed E-state index contributed by atoms with van der Waals surface area (Å²) in [5, 5.41) is 18.0. The second kappa shape index (κ2) is 13.6. The van der Waals surface area contributed by atoms with Crippen LogP contribution in [0.15, 0.2) is 0 Å². The first-order chi connectivity index (χ1) is 14.2. The number of esters is 1. The Morgan fingerprint density at radius 3 is 2.37 bits per heavy atom. The summed E-state index contributed by atoms with van der Waals surface area (Å²) >= 11 is 0.965. The van der Waals surface area contributed by atoms with Crippen LogP contribution in [0, 0.1) is 26.1 Å². The third-order valence-electron chi connectivity index (χ3n) is 4.18. The highest BCUT2D eigenvalue weighted by molar-refractivity contribution is 8.13. The normalized spacial score (nSPS) is 16.6. The second-order valence-corrected chi connectivity index (χ2v) is 7.59. The van der Waals surface area contributed by atoms with Crippen LogP contribution in [0.4, 0.5) is 0 Å². The van der Waals surface area contributed by atoms with E-state index in [0.717, 1.165) is 11.8 Å². The van der Waals surface area contributed by atoms with Crippen molar-refractivity contribution in [1.82, 2.24) is 4.90 Å². The Labute approximate surface area is 176 Å². The molecule has 2 atom stereocenters. The molecule has 170 valence electrons. The minimum atomic E-state index is -0.927. The van der Waals surface area contributed by atoms with Crippen LogP contribution in [0.3, 0.4) is 0 Å². The molecule has 1 fully saturated rings. The van der Waals surface area contributed by atoms with Crippen LogP contribution >= 0.6 is 11.8 Å². The number of hydrogen-bond acceptors (Lipinski definition) is 11. The zero-order valence-corrected chi connectivity index (χ0v) is 17.4. The van der Waals surface area contributed by atoms with Crippen molar-refractivity contribution in [3.05, 3.63) is 20.2 Å². The Kier molecular flexibility index (Phi) is 11.5. The predicted octanol–water partition coefficient (Wildman–Crippen LogP) is 1.00. The number of carbonyl (C=O) groups is 3. The minimum absolute atomic E-state index is 0.0503. The van der Waals surface area contributed by atoms with Gasteiger partial charge in [0.05, 0.1) is 19.8 Å². The fraction of sp³-hybridized carbons (Fsp3) is 0.812. The summed E-state index contributed by atoms with van der Waals surface area (Å²) in [6, 6.07) is -0.712. The summed E-state index contributed by atoms with van der Waals surface area (Å²) in [6.45, 7) is 1.67. The maximum absolute atomic E-state index is 12.7. The maximum atomic E-state index is 12.7. The molecular formula is C16H25N3O10S. The molecule has 1 amide bonds. The molecule has 0 radical (unpaired) electrons. The van der Waals surface area contributed by atoms with Gasteiger partial charge in [-0.2, -0.15) is 0 Å². The molecule has 1 aliphatic rings. The van der Waals surface area contributed by atoms with Crippen molar-refractivity contribution in [3.63, 3.8) is 0 Å². The van der Waals surface area contributed by atoms with Crippen molar-refractivity contribution in [2.45, 2.75) is 45.1 Å². The number of amides is 1. The lowest BCUT2D eigenvalue weighted by atomic mass is 10.1. The van der Waals surface area contributed by atoms with Crippen LogP contribution in [0.25, 0.3) is 0 Å². The maximum Gasteiger partial charge on any atom is 0.328 e. The monoisotopic (exact) mass is 451 g/mol. The van der Waals surface area contributed by atoms with E-state index in [0.29, 0.717) is 19.4 Å². The molecule has 0 N–H and O–H groups in total. The van der Waals surface area contributed by atoms with E-state index in [1.807, 2.05) is 0 Å². The van der Waals surface area contributed by atoms with E-state index in [-0.39, 0.29) is 55.9 Å². The average Bonchev–Trinajstić information content (AvgIpc) is 3.18. The third-order valence-corrected chi connectivity index (χ3v) is 5.37. The molecule has 0 aliphatic carbocycles. The van der Waals surface area contributed by atoms with Gasteiger partial charge in [0, 0.05) is 31.1 Å². The van der Waals surface area contributed by atoms with E-state index < -0.39 is 28.1 Å². The number of likely N-dealkylation sites (tertiary alicyclic amines) is 1. The van der Waals surface area contributed by atoms with Crippen LogP contribution in [0.1, 0.15) is 39.0 Å². The van der Waals surface area contributed by atoms with E-state index in [1.165, 1.54) is 4.90 Å². The number of nitrogens with zero attached hydrogens (tertiary/aromatic N) is 3. The fourth-order valence-electron chi connectivity index (χ4n) is 2.74. The van der Waals surface area contributed by atoms with Crippen molar-refractivity contribution >= 4 is 28.8 Å². The Bertz CT molecular complexity index is 632. The molecule has 14 heteroatoms. The fourth-order valence-corrected chi connectivity index (χ4v) is 3.61. The van der Waals surface area contributed by atoms with E-state index in [2.05, 4.69) is 9.68 Å². The van der Waals surface area contributed by atoms with E-state index >= 15 is 0 Å².